The monoisotopic (exact) mass is 152 g/mol. The molecule has 0 fully saturated rings. The molecule has 0 saturated heterocycles. The number of aliphatic hydroxyl groups is 1. The minimum Gasteiger partial charge on any atom is -0.386 e. The predicted octanol–water partition coefficient (Wildman–Crippen LogP) is 0.292. The Morgan fingerprint density at radius 2 is 1.89 bits per heavy atom. The van der Waals surface area contributed by atoms with Crippen molar-refractivity contribution in [2.45, 2.75) is 6.10 Å². The van der Waals surface area contributed by atoms with Crippen molar-refractivity contribution in [3.05, 3.63) is 0 Å². The van der Waals surface area contributed by atoms with Crippen molar-refractivity contribution in [3.63, 3.8) is 0 Å². The van der Waals surface area contributed by atoms with Gasteiger partial charge in [-0.25, -0.2) is 0 Å². The lowest BCUT2D eigenvalue weighted by Gasteiger charge is -2.25. The third-order valence-electron chi connectivity index (χ3n) is 0.937. The van der Waals surface area contributed by atoms with Gasteiger partial charge in [-0.2, -0.15) is 0 Å². The summed E-state index contributed by atoms with van der Waals surface area (Å²) in [6, 6.07) is 0. The molecule has 2 nitrogen and oxygen atoms in total. The molecule has 0 aliphatic rings. The van der Waals surface area contributed by atoms with E-state index in [1.54, 1.807) is 0 Å². The van der Waals surface area contributed by atoms with Gasteiger partial charge >= 0.3 is 0 Å². The van der Waals surface area contributed by atoms with Gasteiger partial charge in [0.2, 0.25) is 0 Å². The summed E-state index contributed by atoms with van der Waals surface area (Å²) in [5, 5.41) is 9.05. The van der Waals surface area contributed by atoms with Crippen LogP contribution >= 0.6 is 11.6 Å². The van der Waals surface area contributed by atoms with Crippen molar-refractivity contribution in [1.82, 2.24) is 0 Å². The molecule has 0 aliphatic carbocycles. The summed E-state index contributed by atoms with van der Waals surface area (Å²) in [6.45, 7) is 0.712. The lowest BCUT2D eigenvalue weighted by Crippen LogP contribution is -2.41. The van der Waals surface area contributed by atoms with Crippen LogP contribution in [0.2, 0.25) is 0 Å². The summed E-state index contributed by atoms with van der Waals surface area (Å²) in [5.74, 6) is 0.329. The maximum absolute atomic E-state index is 9.05. The molecule has 0 rings (SSSR count). The first-order valence-corrected chi connectivity index (χ1v) is 3.53. The molecule has 3 heteroatoms. The van der Waals surface area contributed by atoms with Crippen LogP contribution in [0.1, 0.15) is 0 Å². The lowest BCUT2D eigenvalue weighted by molar-refractivity contribution is -0.873. The molecule has 0 amide bonds. The van der Waals surface area contributed by atoms with E-state index in [0.717, 1.165) is 4.48 Å². The van der Waals surface area contributed by atoms with E-state index >= 15 is 0 Å². The molecule has 0 radical (unpaired) electrons. The fraction of sp³-hybridized carbons (Fsp3) is 1.00. The zero-order valence-electron chi connectivity index (χ0n) is 6.26. The molecule has 1 N–H and O–H groups in total. The van der Waals surface area contributed by atoms with Crippen LogP contribution in [0.5, 0.6) is 0 Å². The number of aliphatic hydroxyl groups excluding tert-OH is 1. The number of rotatable bonds is 3. The quantitative estimate of drug-likeness (QED) is 0.456. The summed E-state index contributed by atoms with van der Waals surface area (Å²) in [5.41, 5.74) is 0. The van der Waals surface area contributed by atoms with Crippen LogP contribution in [0.15, 0.2) is 0 Å². The van der Waals surface area contributed by atoms with E-state index in [4.69, 9.17) is 16.7 Å². The molecule has 56 valence electrons. The maximum Gasteiger partial charge on any atom is 0.116 e. The van der Waals surface area contributed by atoms with Crippen molar-refractivity contribution in [2.75, 3.05) is 33.6 Å². The van der Waals surface area contributed by atoms with Gasteiger partial charge in [-0.15, -0.1) is 11.6 Å². The highest BCUT2D eigenvalue weighted by Gasteiger charge is 2.13. The summed E-state index contributed by atoms with van der Waals surface area (Å²) < 4.78 is 0.758. The van der Waals surface area contributed by atoms with E-state index in [9.17, 15) is 0 Å². The second-order valence-electron chi connectivity index (χ2n) is 3.28. The van der Waals surface area contributed by atoms with Crippen LogP contribution in [-0.4, -0.2) is 49.3 Å². The van der Waals surface area contributed by atoms with E-state index in [2.05, 4.69) is 0 Å². The standard InChI is InChI=1S/C6H15ClNO/c1-8(2,3)5-6(9)4-7/h6,9H,4-5H2,1-3H3/q+1/t6-/m0/s1. The second kappa shape index (κ2) is 3.40. The molecular formula is C6H15ClNO+. The van der Waals surface area contributed by atoms with Gasteiger partial charge < -0.3 is 9.59 Å². The van der Waals surface area contributed by atoms with E-state index in [-0.39, 0.29) is 6.10 Å². The summed E-state index contributed by atoms with van der Waals surface area (Å²) in [6.07, 6.45) is -0.369. The Balaban J connectivity index is 3.47. The van der Waals surface area contributed by atoms with E-state index in [0.29, 0.717) is 12.4 Å². The molecule has 0 heterocycles. The molecule has 0 spiro atoms. The molecule has 0 aromatic rings. The topological polar surface area (TPSA) is 20.2 Å². The Labute approximate surface area is 61.6 Å². The van der Waals surface area contributed by atoms with Gasteiger partial charge in [0.15, 0.2) is 0 Å². The summed E-state index contributed by atoms with van der Waals surface area (Å²) >= 11 is 5.40. The first kappa shape index (κ1) is 9.21. The summed E-state index contributed by atoms with van der Waals surface area (Å²) in [7, 11) is 6.07. The average Bonchev–Trinajstić information content (AvgIpc) is 1.62. The van der Waals surface area contributed by atoms with Gasteiger partial charge in [0, 0.05) is 0 Å². The highest BCUT2D eigenvalue weighted by atomic mass is 35.5. The molecule has 0 aromatic heterocycles. The van der Waals surface area contributed by atoms with Crippen molar-refractivity contribution >= 4 is 11.6 Å². The Bertz CT molecular complexity index is 79.6. The molecule has 0 saturated carbocycles. The zero-order chi connectivity index (χ0) is 7.49. The van der Waals surface area contributed by atoms with Crippen molar-refractivity contribution in [2.24, 2.45) is 0 Å². The molecule has 0 aliphatic heterocycles. The van der Waals surface area contributed by atoms with Crippen LogP contribution in [0.4, 0.5) is 0 Å². The van der Waals surface area contributed by atoms with Crippen molar-refractivity contribution in [1.29, 1.82) is 0 Å². The average molecular weight is 153 g/mol. The minimum atomic E-state index is -0.369. The normalized spacial score (nSPS) is 15.7. The van der Waals surface area contributed by atoms with Crippen LogP contribution in [0.3, 0.4) is 0 Å². The summed E-state index contributed by atoms with van der Waals surface area (Å²) in [4.78, 5) is 0. The number of halogens is 1. The maximum atomic E-state index is 9.05. The fourth-order valence-electron chi connectivity index (χ4n) is 0.681. The number of likely N-dealkylation sites (N-methyl/N-ethyl adjacent to an activating group) is 1. The third-order valence-corrected chi connectivity index (χ3v) is 1.29. The Kier molecular flexibility index (Phi) is 3.48. The molecule has 0 unspecified atom stereocenters. The second-order valence-corrected chi connectivity index (χ2v) is 3.59. The van der Waals surface area contributed by atoms with Gasteiger partial charge in [0.1, 0.15) is 12.6 Å². The van der Waals surface area contributed by atoms with Crippen molar-refractivity contribution < 1.29 is 9.59 Å². The number of alkyl halides is 1. The number of nitrogens with zero attached hydrogens (tertiary/aromatic N) is 1. The largest absolute Gasteiger partial charge is 0.386 e. The van der Waals surface area contributed by atoms with Gasteiger partial charge in [0.05, 0.1) is 27.0 Å². The molecule has 9 heavy (non-hydrogen) atoms. The highest BCUT2D eigenvalue weighted by Crippen LogP contribution is 1.95. The van der Waals surface area contributed by atoms with Gasteiger partial charge in [-0.3, -0.25) is 0 Å². The third kappa shape index (κ3) is 6.09. The smallest absolute Gasteiger partial charge is 0.116 e. The number of hydrogen-bond acceptors (Lipinski definition) is 1. The molecule has 0 bridgehead atoms. The van der Waals surface area contributed by atoms with Crippen LogP contribution in [0.25, 0.3) is 0 Å². The fourth-order valence-corrected chi connectivity index (χ4v) is 0.779. The predicted molar refractivity (Wildman–Crippen MR) is 39.6 cm³/mol. The van der Waals surface area contributed by atoms with Crippen LogP contribution in [-0.2, 0) is 0 Å². The van der Waals surface area contributed by atoms with Gasteiger partial charge in [-0.05, 0) is 0 Å². The van der Waals surface area contributed by atoms with E-state index < -0.39 is 0 Å². The highest BCUT2D eigenvalue weighted by molar-refractivity contribution is 6.18. The Hall–Kier alpha value is 0.210. The van der Waals surface area contributed by atoms with Crippen LogP contribution in [0, 0.1) is 0 Å². The van der Waals surface area contributed by atoms with Crippen LogP contribution < -0.4 is 0 Å². The Morgan fingerprint density at radius 3 is 2.00 bits per heavy atom. The van der Waals surface area contributed by atoms with E-state index in [1.807, 2.05) is 21.1 Å². The Morgan fingerprint density at radius 1 is 1.44 bits per heavy atom. The van der Waals surface area contributed by atoms with E-state index in [1.165, 1.54) is 0 Å². The van der Waals surface area contributed by atoms with Crippen molar-refractivity contribution in [3.8, 4) is 0 Å². The molecule has 1 atom stereocenters. The van der Waals surface area contributed by atoms with Gasteiger partial charge in [0.25, 0.3) is 0 Å². The molecule has 0 aromatic carbocycles. The molecular weight excluding hydrogens is 138 g/mol. The SMILES string of the molecule is C[N+](C)(C)C[C@@H](O)CCl. The minimum absolute atomic E-state index is 0.329. The first-order chi connectivity index (χ1) is 3.95. The number of quaternary nitrogens is 1. The van der Waals surface area contributed by atoms with Gasteiger partial charge in [-0.1, -0.05) is 0 Å². The number of hydrogen-bond donors (Lipinski definition) is 1. The lowest BCUT2D eigenvalue weighted by atomic mass is 10.3. The first-order valence-electron chi connectivity index (χ1n) is 3.00. The zero-order valence-corrected chi connectivity index (χ0v) is 7.02.